The summed E-state index contributed by atoms with van der Waals surface area (Å²) in [6, 6.07) is 4.13. The highest BCUT2D eigenvalue weighted by molar-refractivity contribution is 5.96. The van der Waals surface area contributed by atoms with Crippen LogP contribution >= 0.6 is 0 Å². The summed E-state index contributed by atoms with van der Waals surface area (Å²) in [5.74, 6) is -5.99. The molecule has 5 atom stereocenters. The Labute approximate surface area is 239 Å². The van der Waals surface area contributed by atoms with Crippen LogP contribution in [0.3, 0.4) is 0 Å². The number of hydrogen-bond donors (Lipinski definition) is 8. The van der Waals surface area contributed by atoms with Gasteiger partial charge in [-0.2, -0.15) is 0 Å². The minimum absolute atomic E-state index is 0.0992. The molecule has 14 heteroatoms. The summed E-state index contributed by atoms with van der Waals surface area (Å²) < 4.78 is 0. The Kier molecular flexibility index (Phi) is 15.6. The molecule has 0 spiro atoms. The maximum atomic E-state index is 13.5. The van der Waals surface area contributed by atoms with Crippen molar-refractivity contribution in [3.8, 4) is 0 Å². The second kappa shape index (κ2) is 18.3. The largest absolute Gasteiger partial charge is 0.481 e. The SMILES string of the molecule is CC[C@H](C)[C@H](N)C(=O)N[C@@H](Cc1ccccc1)C(=O)N[C@@H](CCCCN)C(=O)N[C@@H](CC(=O)O)C(=O)NCC(=O)O. The number of nitrogens with two attached hydrogens (primary N) is 2. The molecule has 228 valence electrons. The van der Waals surface area contributed by atoms with Gasteiger partial charge in [0, 0.05) is 6.42 Å². The fourth-order valence-electron chi connectivity index (χ4n) is 3.82. The van der Waals surface area contributed by atoms with Crippen LogP contribution in [-0.4, -0.2) is 83.0 Å². The molecule has 0 aliphatic rings. The Bertz CT molecular complexity index is 1040. The summed E-state index contributed by atoms with van der Waals surface area (Å²) in [4.78, 5) is 74.0. The number of amides is 4. The van der Waals surface area contributed by atoms with Crippen LogP contribution in [0, 0.1) is 5.92 Å². The second-order valence-corrected chi connectivity index (χ2v) is 9.78. The topological polar surface area (TPSA) is 243 Å². The zero-order chi connectivity index (χ0) is 30.9. The number of carbonyl (C=O) groups is 6. The quantitative estimate of drug-likeness (QED) is 0.0917. The van der Waals surface area contributed by atoms with E-state index in [1.165, 1.54) is 0 Å². The van der Waals surface area contributed by atoms with Crippen molar-refractivity contribution in [2.45, 2.75) is 76.5 Å². The molecular weight excluding hydrogens is 536 g/mol. The first-order valence-corrected chi connectivity index (χ1v) is 13.5. The molecule has 0 saturated heterocycles. The molecule has 0 aliphatic heterocycles. The average molecular weight is 579 g/mol. The van der Waals surface area contributed by atoms with Crippen molar-refractivity contribution in [1.82, 2.24) is 21.3 Å². The molecule has 0 aliphatic carbocycles. The van der Waals surface area contributed by atoms with Gasteiger partial charge in [-0.15, -0.1) is 0 Å². The van der Waals surface area contributed by atoms with E-state index in [4.69, 9.17) is 16.6 Å². The Balaban J connectivity index is 3.18. The summed E-state index contributed by atoms with van der Waals surface area (Å²) >= 11 is 0. The molecule has 0 fully saturated rings. The number of carboxylic acids is 2. The van der Waals surface area contributed by atoms with Crippen molar-refractivity contribution < 1.29 is 39.0 Å². The number of carbonyl (C=O) groups excluding carboxylic acids is 4. The standard InChI is InChI=1S/C27H42N6O8/c1-3-16(2)23(29)27(41)33-19(13-17-9-5-4-6-10-17)26(40)31-18(11-7-8-12-28)25(39)32-20(14-21(34)35)24(38)30-15-22(36)37/h4-6,9-10,16,18-20,23H,3,7-8,11-15,28-29H2,1-2H3,(H,30,38)(H,31,40)(H,32,39)(H,33,41)(H,34,35)(H,36,37)/t16-,18-,19-,20-,23-/m0/s1. The average Bonchev–Trinajstić information content (AvgIpc) is 2.93. The van der Waals surface area contributed by atoms with Crippen molar-refractivity contribution in [1.29, 1.82) is 0 Å². The number of benzene rings is 1. The van der Waals surface area contributed by atoms with Crippen LogP contribution < -0.4 is 32.7 Å². The van der Waals surface area contributed by atoms with E-state index in [1.807, 2.05) is 19.2 Å². The number of nitrogens with one attached hydrogen (secondary N) is 4. The highest BCUT2D eigenvalue weighted by Crippen LogP contribution is 2.10. The number of carboxylic acid groups (broad SMARTS) is 2. The van der Waals surface area contributed by atoms with Gasteiger partial charge < -0.3 is 42.9 Å². The molecule has 1 rings (SSSR count). The summed E-state index contributed by atoms with van der Waals surface area (Å²) in [5.41, 5.74) is 12.4. The Hall–Kier alpha value is -4.04. The molecule has 0 unspecified atom stereocenters. The molecule has 1 aromatic rings. The fourth-order valence-corrected chi connectivity index (χ4v) is 3.82. The van der Waals surface area contributed by atoms with E-state index in [1.54, 1.807) is 30.3 Å². The normalized spacial score (nSPS) is 14.4. The van der Waals surface area contributed by atoms with Crippen molar-refractivity contribution in [2.75, 3.05) is 13.1 Å². The van der Waals surface area contributed by atoms with Crippen LogP contribution in [0.4, 0.5) is 0 Å². The Morgan fingerprint density at radius 1 is 0.805 bits per heavy atom. The van der Waals surface area contributed by atoms with E-state index >= 15 is 0 Å². The van der Waals surface area contributed by atoms with Gasteiger partial charge in [-0.25, -0.2) is 0 Å². The lowest BCUT2D eigenvalue weighted by Gasteiger charge is -2.26. The highest BCUT2D eigenvalue weighted by atomic mass is 16.4. The summed E-state index contributed by atoms with van der Waals surface area (Å²) in [6.07, 6.45) is 0.959. The van der Waals surface area contributed by atoms with Gasteiger partial charge in [-0.3, -0.25) is 28.8 Å². The van der Waals surface area contributed by atoms with E-state index < -0.39 is 72.7 Å². The van der Waals surface area contributed by atoms with Gasteiger partial charge in [0.2, 0.25) is 23.6 Å². The van der Waals surface area contributed by atoms with Gasteiger partial charge in [0.15, 0.2) is 0 Å². The van der Waals surface area contributed by atoms with Crippen LogP contribution in [0.25, 0.3) is 0 Å². The van der Waals surface area contributed by atoms with E-state index in [2.05, 4.69) is 16.0 Å². The number of aliphatic carboxylic acids is 2. The fraction of sp³-hybridized carbons (Fsp3) is 0.556. The molecule has 0 heterocycles. The molecule has 41 heavy (non-hydrogen) atoms. The zero-order valence-electron chi connectivity index (χ0n) is 23.4. The van der Waals surface area contributed by atoms with Gasteiger partial charge in [0.1, 0.15) is 24.7 Å². The number of unbranched alkanes of at least 4 members (excludes halogenated alkanes) is 1. The molecule has 0 bridgehead atoms. The minimum Gasteiger partial charge on any atom is -0.481 e. The molecule has 10 N–H and O–H groups in total. The van der Waals surface area contributed by atoms with E-state index in [0.29, 0.717) is 25.8 Å². The maximum Gasteiger partial charge on any atom is 0.322 e. The van der Waals surface area contributed by atoms with Gasteiger partial charge >= 0.3 is 11.9 Å². The third kappa shape index (κ3) is 13.2. The van der Waals surface area contributed by atoms with Gasteiger partial charge in [0.05, 0.1) is 12.5 Å². The number of hydrogen-bond acceptors (Lipinski definition) is 8. The predicted octanol–water partition coefficient (Wildman–Crippen LogP) is -1.14. The first-order valence-electron chi connectivity index (χ1n) is 13.5. The van der Waals surface area contributed by atoms with Gasteiger partial charge in [-0.1, -0.05) is 50.6 Å². The van der Waals surface area contributed by atoms with E-state index in [9.17, 15) is 33.9 Å². The maximum absolute atomic E-state index is 13.5. The summed E-state index contributed by atoms with van der Waals surface area (Å²) in [6.45, 7) is 3.24. The molecular formula is C27H42N6O8. The van der Waals surface area contributed by atoms with Crippen LogP contribution in [0.1, 0.15) is 51.5 Å². The summed E-state index contributed by atoms with van der Waals surface area (Å²) in [7, 11) is 0. The van der Waals surface area contributed by atoms with E-state index in [0.717, 1.165) is 5.56 Å². The molecule has 4 amide bonds. The molecule has 0 saturated carbocycles. The van der Waals surface area contributed by atoms with Crippen molar-refractivity contribution in [3.05, 3.63) is 35.9 Å². The van der Waals surface area contributed by atoms with Gasteiger partial charge in [0.25, 0.3) is 0 Å². The van der Waals surface area contributed by atoms with Crippen LogP contribution in [0.15, 0.2) is 30.3 Å². The lowest BCUT2D eigenvalue weighted by molar-refractivity contribution is -0.141. The van der Waals surface area contributed by atoms with Crippen LogP contribution in [0.2, 0.25) is 0 Å². The van der Waals surface area contributed by atoms with E-state index in [-0.39, 0.29) is 18.8 Å². The molecule has 1 aromatic carbocycles. The molecule has 14 nitrogen and oxygen atoms in total. The zero-order valence-corrected chi connectivity index (χ0v) is 23.4. The first-order chi connectivity index (χ1) is 19.4. The Morgan fingerprint density at radius 3 is 1.95 bits per heavy atom. The Morgan fingerprint density at radius 2 is 1.39 bits per heavy atom. The lowest BCUT2D eigenvalue weighted by Crippen LogP contribution is -2.59. The third-order valence-corrected chi connectivity index (χ3v) is 6.48. The minimum atomic E-state index is -1.60. The molecule has 0 aromatic heterocycles. The summed E-state index contributed by atoms with van der Waals surface area (Å²) in [5, 5.41) is 27.6. The number of rotatable bonds is 19. The monoisotopic (exact) mass is 578 g/mol. The van der Waals surface area contributed by atoms with Crippen molar-refractivity contribution >= 4 is 35.6 Å². The molecule has 0 radical (unpaired) electrons. The lowest BCUT2D eigenvalue weighted by atomic mass is 9.98. The third-order valence-electron chi connectivity index (χ3n) is 6.48. The smallest absolute Gasteiger partial charge is 0.322 e. The van der Waals surface area contributed by atoms with Crippen LogP contribution in [-0.2, 0) is 35.2 Å². The highest BCUT2D eigenvalue weighted by Gasteiger charge is 2.32. The second-order valence-electron chi connectivity index (χ2n) is 9.78. The van der Waals surface area contributed by atoms with Crippen molar-refractivity contribution in [2.24, 2.45) is 17.4 Å². The predicted molar refractivity (Wildman–Crippen MR) is 149 cm³/mol. The van der Waals surface area contributed by atoms with Crippen molar-refractivity contribution in [3.63, 3.8) is 0 Å². The van der Waals surface area contributed by atoms with Gasteiger partial charge in [-0.05, 0) is 37.3 Å². The van der Waals surface area contributed by atoms with Crippen LogP contribution in [0.5, 0.6) is 0 Å². The first kappa shape index (κ1) is 35.0.